The maximum Gasteiger partial charge on any atom is 0.305 e. The Morgan fingerprint density at radius 1 is 1.35 bits per heavy atom. The van der Waals surface area contributed by atoms with Crippen molar-refractivity contribution in [3.05, 3.63) is 0 Å². The number of hydrogen-bond acceptors (Lipinski definition) is 3. The molecule has 0 aliphatic heterocycles. The van der Waals surface area contributed by atoms with Gasteiger partial charge in [-0.2, -0.15) is 0 Å². The second kappa shape index (κ2) is 6.59. The van der Waals surface area contributed by atoms with Gasteiger partial charge in [0.2, 0.25) is 5.91 Å². The third kappa shape index (κ3) is 5.68. The molecule has 1 unspecified atom stereocenters. The molecule has 0 bridgehead atoms. The van der Waals surface area contributed by atoms with E-state index in [1.54, 1.807) is 4.90 Å². The van der Waals surface area contributed by atoms with Crippen LogP contribution < -0.4 is 5.73 Å². The average Bonchev–Trinajstić information content (AvgIpc) is 2.15. The SMILES string of the molecule is CCCC(N)C(=O)N(CCC(=O)O)C(C)(C)C. The molecular formula is C12H24N2O3. The molecule has 0 spiro atoms. The number of rotatable bonds is 6. The molecule has 3 N–H and O–H groups in total. The van der Waals surface area contributed by atoms with Crippen LogP contribution >= 0.6 is 0 Å². The van der Waals surface area contributed by atoms with Crippen LogP contribution in [-0.4, -0.2) is 40.0 Å². The highest BCUT2D eigenvalue weighted by Gasteiger charge is 2.29. The van der Waals surface area contributed by atoms with Crippen LogP contribution in [0, 0.1) is 0 Å². The summed E-state index contributed by atoms with van der Waals surface area (Å²) in [6.07, 6.45) is 1.41. The molecular weight excluding hydrogens is 220 g/mol. The van der Waals surface area contributed by atoms with Gasteiger partial charge in [-0.1, -0.05) is 13.3 Å². The zero-order valence-corrected chi connectivity index (χ0v) is 11.2. The minimum absolute atomic E-state index is 0.0537. The quantitative estimate of drug-likeness (QED) is 0.735. The van der Waals surface area contributed by atoms with Gasteiger partial charge in [0.1, 0.15) is 0 Å². The first-order valence-corrected chi connectivity index (χ1v) is 5.99. The van der Waals surface area contributed by atoms with Crippen molar-refractivity contribution < 1.29 is 14.7 Å². The van der Waals surface area contributed by atoms with E-state index in [-0.39, 0.29) is 18.9 Å². The Hall–Kier alpha value is -1.10. The molecule has 0 aliphatic rings. The lowest BCUT2D eigenvalue weighted by atomic mass is 10.0. The van der Waals surface area contributed by atoms with Gasteiger partial charge in [0.15, 0.2) is 0 Å². The van der Waals surface area contributed by atoms with Gasteiger partial charge in [-0.15, -0.1) is 0 Å². The van der Waals surface area contributed by atoms with Gasteiger partial charge in [-0.25, -0.2) is 0 Å². The van der Waals surface area contributed by atoms with Crippen LogP contribution in [0.25, 0.3) is 0 Å². The molecule has 5 nitrogen and oxygen atoms in total. The lowest BCUT2D eigenvalue weighted by Crippen LogP contribution is -2.52. The Labute approximate surface area is 103 Å². The number of aliphatic carboxylic acids is 1. The van der Waals surface area contributed by atoms with E-state index in [1.807, 2.05) is 27.7 Å². The van der Waals surface area contributed by atoms with Crippen LogP contribution in [0.4, 0.5) is 0 Å². The normalized spacial score (nSPS) is 13.2. The Bertz CT molecular complexity index is 271. The van der Waals surface area contributed by atoms with Crippen LogP contribution in [0.3, 0.4) is 0 Å². The van der Waals surface area contributed by atoms with E-state index in [9.17, 15) is 9.59 Å². The van der Waals surface area contributed by atoms with Gasteiger partial charge in [0.05, 0.1) is 12.5 Å². The van der Waals surface area contributed by atoms with Gasteiger partial charge in [-0.3, -0.25) is 9.59 Å². The van der Waals surface area contributed by atoms with Crippen molar-refractivity contribution in [2.24, 2.45) is 5.73 Å². The third-order valence-corrected chi connectivity index (χ3v) is 2.54. The van der Waals surface area contributed by atoms with Gasteiger partial charge >= 0.3 is 5.97 Å². The van der Waals surface area contributed by atoms with Crippen molar-refractivity contribution in [1.29, 1.82) is 0 Å². The standard InChI is InChI=1S/C12H24N2O3/c1-5-6-9(13)11(17)14(12(2,3)4)8-7-10(15)16/h9H,5-8,13H2,1-4H3,(H,15,16). The van der Waals surface area contributed by atoms with Crippen molar-refractivity contribution in [2.45, 2.75) is 58.5 Å². The number of carboxylic acid groups (broad SMARTS) is 1. The van der Waals surface area contributed by atoms with E-state index in [0.717, 1.165) is 6.42 Å². The van der Waals surface area contributed by atoms with Crippen LogP contribution in [0.1, 0.15) is 47.0 Å². The zero-order valence-electron chi connectivity index (χ0n) is 11.2. The van der Waals surface area contributed by atoms with E-state index in [4.69, 9.17) is 10.8 Å². The van der Waals surface area contributed by atoms with Gasteiger partial charge in [0, 0.05) is 12.1 Å². The summed E-state index contributed by atoms with van der Waals surface area (Å²) in [5.41, 5.74) is 5.39. The number of nitrogens with zero attached hydrogens (tertiary/aromatic N) is 1. The third-order valence-electron chi connectivity index (χ3n) is 2.54. The van der Waals surface area contributed by atoms with Crippen LogP contribution in [0.15, 0.2) is 0 Å². The molecule has 0 aliphatic carbocycles. The smallest absolute Gasteiger partial charge is 0.305 e. The van der Waals surface area contributed by atoms with Crippen molar-refractivity contribution >= 4 is 11.9 Å². The Kier molecular flexibility index (Phi) is 6.16. The van der Waals surface area contributed by atoms with Crippen LogP contribution in [0.2, 0.25) is 0 Å². The molecule has 0 saturated carbocycles. The number of carbonyl (C=O) groups is 2. The van der Waals surface area contributed by atoms with E-state index in [1.165, 1.54) is 0 Å². The second-order valence-electron chi connectivity index (χ2n) is 5.20. The predicted octanol–water partition coefficient (Wildman–Crippen LogP) is 1.22. The average molecular weight is 244 g/mol. The van der Waals surface area contributed by atoms with E-state index in [2.05, 4.69) is 0 Å². The largest absolute Gasteiger partial charge is 0.481 e. The fourth-order valence-electron chi connectivity index (χ4n) is 1.62. The van der Waals surface area contributed by atoms with Crippen molar-refractivity contribution in [3.8, 4) is 0 Å². The van der Waals surface area contributed by atoms with Gasteiger partial charge in [-0.05, 0) is 27.2 Å². The molecule has 0 rings (SSSR count). The van der Waals surface area contributed by atoms with E-state index >= 15 is 0 Å². The molecule has 0 fully saturated rings. The topological polar surface area (TPSA) is 83.6 Å². The first kappa shape index (κ1) is 15.9. The summed E-state index contributed by atoms with van der Waals surface area (Å²) in [5.74, 6) is -1.07. The molecule has 0 radical (unpaired) electrons. The summed E-state index contributed by atoms with van der Waals surface area (Å²) in [6, 6.07) is -0.534. The van der Waals surface area contributed by atoms with Gasteiger partial charge in [0.25, 0.3) is 0 Å². The molecule has 0 heterocycles. The molecule has 0 aromatic carbocycles. The molecule has 0 saturated heterocycles. The first-order chi connectivity index (χ1) is 7.70. The minimum Gasteiger partial charge on any atom is -0.481 e. The van der Waals surface area contributed by atoms with Crippen LogP contribution in [0.5, 0.6) is 0 Å². The summed E-state index contributed by atoms with van der Waals surface area (Å²) >= 11 is 0. The molecule has 17 heavy (non-hydrogen) atoms. The molecule has 0 aromatic heterocycles. The van der Waals surface area contributed by atoms with Crippen molar-refractivity contribution in [3.63, 3.8) is 0 Å². The molecule has 5 heteroatoms. The maximum absolute atomic E-state index is 12.1. The molecule has 1 amide bonds. The first-order valence-electron chi connectivity index (χ1n) is 5.99. The van der Waals surface area contributed by atoms with Gasteiger partial charge < -0.3 is 15.7 Å². The highest BCUT2D eigenvalue weighted by molar-refractivity contribution is 5.82. The molecule has 1 atom stereocenters. The van der Waals surface area contributed by atoms with E-state index in [0.29, 0.717) is 6.42 Å². The lowest BCUT2D eigenvalue weighted by molar-refractivity contribution is -0.141. The highest BCUT2D eigenvalue weighted by atomic mass is 16.4. The predicted molar refractivity (Wildman–Crippen MR) is 66.6 cm³/mol. The number of nitrogens with two attached hydrogens (primary N) is 1. The van der Waals surface area contributed by atoms with Crippen molar-refractivity contribution in [2.75, 3.05) is 6.54 Å². The molecule has 0 aromatic rings. The molecule has 100 valence electrons. The van der Waals surface area contributed by atoms with Crippen molar-refractivity contribution in [1.82, 2.24) is 4.90 Å². The zero-order chi connectivity index (χ0) is 13.6. The summed E-state index contributed by atoms with van der Waals surface area (Å²) < 4.78 is 0. The summed E-state index contributed by atoms with van der Waals surface area (Å²) in [6.45, 7) is 7.81. The van der Waals surface area contributed by atoms with E-state index < -0.39 is 17.6 Å². The minimum atomic E-state index is -0.906. The Balaban J connectivity index is 4.68. The summed E-state index contributed by atoms with van der Waals surface area (Å²) in [7, 11) is 0. The highest BCUT2D eigenvalue weighted by Crippen LogP contribution is 2.16. The van der Waals surface area contributed by atoms with Crippen LogP contribution in [-0.2, 0) is 9.59 Å². The fourth-order valence-corrected chi connectivity index (χ4v) is 1.62. The number of carboxylic acids is 1. The second-order valence-corrected chi connectivity index (χ2v) is 5.20. The summed E-state index contributed by atoms with van der Waals surface area (Å²) in [4.78, 5) is 24.2. The fraction of sp³-hybridized carbons (Fsp3) is 0.833. The lowest BCUT2D eigenvalue weighted by Gasteiger charge is -2.37. The Morgan fingerprint density at radius 2 is 1.88 bits per heavy atom. The number of amides is 1. The Morgan fingerprint density at radius 3 is 2.24 bits per heavy atom. The number of carbonyl (C=O) groups excluding carboxylic acids is 1. The maximum atomic E-state index is 12.1. The number of hydrogen-bond donors (Lipinski definition) is 2. The summed E-state index contributed by atoms with van der Waals surface area (Å²) in [5, 5.41) is 8.68. The monoisotopic (exact) mass is 244 g/mol.